The molecule has 2 aliphatic carbocycles. The standard InChI is InChI=1S/C20H23F3N6O/c21-20(22,23)18(30)24-8-7-14-11-28(16-4-2-1-3-15(14)16)19-25-26-27-29(19)17-10-12-5-6-13(17)9-12/h1-4,12-14,17H,5-11H2,(H,24,30). The van der Waals surface area contributed by atoms with Gasteiger partial charge >= 0.3 is 12.1 Å². The average Bonchev–Trinajstić information content (AvgIpc) is 3.49. The van der Waals surface area contributed by atoms with E-state index in [1.807, 2.05) is 34.3 Å². The zero-order chi connectivity index (χ0) is 20.9. The van der Waals surface area contributed by atoms with Gasteiger partial charge in [-0.3, -0.25) is 4.79 Å². The number of carbonyl (C=O) groups is 1. The van der Waals surface area contributed by atoms with Crippen LogP contribution in [0.25, 0.3) is 0 Å². The number of halogens is 3. The van der Waals surface area contributed by atoms with E-state index in [1.54, 1.807) is 0 Å². The third-order valence-corrected chi connectivity index (χ3v) is 6.84. The molecule has 5 rings (SSSR count). The Bertz CT molecular complexity index is 945. The molecule has 7 nitrogen and oxygen atoms in total. The molecule has 2 aromatic rings. The van der Waals surface area contributed by atoms with Gasteiger partial charge in [-0.1, -0.05) is 29.7 Å². The quantitative estimate of drug-likeness (QED) is 0.803. The summed E-state index contributed by atoms with van der Waals surface area (Å²) in [5, 5.41) is 14.5. The highest BCUT2D eigenvalue weighted by atomic mass is 19.4. The number of rotatable bonds is 5. The van der Waals surface area contributed by atoms with Crippen molar-refractivity contribution in [2.45, 2.75) is 50.2 Å². The van der Waals surface area contributed by atoms with Gasteiger partial charge in [0.05, 0.1) is 6.04 Å². The van der Waals surface area contributed by atoms with Crippen LogP contribution in [0.3, 0.4) is 0 Å². The number of nitrogens with zero attached hydrogens (tertiary/aromatic N) is 5. The van der Waals surface area contributed by atoms with Crippen LogP contribution in [-0.4, -0.2) is 45.4 Å². The highest BCUT2D eigenvalue weighted by Gasteiger charge is 2.43. The lowest BCUT2D eigenvalue weighted by atomic mass is 9.95. The van der Waals surface area contributed by atoms with Gasteiger partial charge in [0.2, 0.25) is 5.95 Å². The van der Waals surface area contributed by atoms with E-state index in [2.05, 4.69) is 20.4 Å². The number of benzene rings is 1. The van der Waals surface area contributed by atoms with Gasteiger partial charge < -0.3 is 10.2 Å². The Hall–Kier alpha value is -2.65. The normalized spacial score (nSPS) is 27.5. The summed E-state index contributed by atoms with van der Waals surface area (Å²) < 4.78 is 39.3. The minimum absolute atomic E-state index is 0.0140. The Morgan fingerprint density at radius 3 is 2.77 bits per heavy atom. The predicted octanol–water partition coefficient (Wildman–Crippen LogP) is 3.34. The SMILES string of the molecule is O=C(NCCC1CN(c2nnnn2C2CC3CCC2C3)c2ccccc21)C(F)(F)F. The van der Waals surface area contributed by atoms with Gasteiger partial charge in [0.25, 0.3) is 0 Å². The number of fused-ring (bicyclic) bond motifs is 3. The topological polar surface area (TPSA) is 75.9 Å². The first-order chi connectivity index (χ1) is 14.4. The van der Waals surface area contributed by atoms with Gasteiger partial charge in [0.1, 0.15) is 0 Å². The summed E-state index contributed by atoms with van der Waals surface area (Å²) in [5.41, 5.74) is 2.02. The van der Waals surface area contributed by atoms with Crippen molar-refractivity contribution in [3.63, 3.8) is 0 Å². The van der Waals surface area contributed by atoms with Crippen molar-refractivity contribution >= 4 is 17.5 Å². The fourth-order valence-electron chi connectivity index (χ4n) is 5.48. The van der Waals surface area contributed by atoms with E-state index in [4.69, 9.17) is 0 Å². The van der Waals surface area contributed by atoms with Crippen molar-refractivity contribution in [2.75, 3.05) is 18.0 Å². The summed E-state index contributed by atoms with van der Waals surface area (Å²) >= 11 is 0. The van der Waals surface area contributed by atoms with E-state index < -0.39 is 12.1 Å². The Labute approximate surface area is 171 Å². The molecule has 1 aliphatic heterocycles. The Balaban J connectivity index is 1.34. The molecule has 0 spiro atoms. The second-order valence-corrected chi connectivity index (χ2v) is 8.57. The molecule has 2 fully saturated rings. The van der Waals surface area contributed by atoms with E-state index in [1.165, 1.54) is 19.3 Å². The van der Waals surface area contributed by atoms with Crippen LogP contribution in [0.4, 0.5) is 24.8 Å². The summed E-state index contributed by atoms with van der Waals surface area (Å²) in [5.74, 6) is 0.156. The van der Waals surface area contributed by atoms with Crippen LogP contribution in [0.2, 0.25) is 0 Å². The average molecular weight is 420 g/mol. The molecule has 1 aromatic heterocycles. The molecule has 4 atom stereocenters. The van der Waals surface area contributed by atoms with Crippen LogP contribution in [0.1, 0.15) is 49.6 Å². The molecule has 10 heteroatoms. The van der Waals surface area contributed by atoms with Crippen LogP contribution >= 0.6 is 0 Å². The largest absolute Gasteiger partial charge is 0.471 e. The predicted molar refractivity (Wildman–Crippen MR) is 102 cm³/mol. The second kappa shape index (κ2) is 7.24. The number of carbonyl (C=O) groups excluding carboxylic acids is 1. The van der Waals surface area contributed by atoms with Crippen molar-refractivity contribution in [2.24, 2.45) is 11.8 Å². The number of aromatic nitrogens is 4. The van der Waals surface area contributed by atoms with E-state index in [0.29, 0.717) is 30.9 Å². The summed E-state index contributed by atoms with van der Waals surface area (Å²) in [6.45, 7) is 0.533. The van der Waals surface area contributed by atoms with Crippen molar-refractivity contribution in [1.29, 1.82) is 0 Å². The zero-order valence-corrected chi connectivity index (χ0v) is 16.3. The summed E-state index contributed by atoms with van der Waals surface area (Å²) in [7, 11) is 0. The lowest BCUT2D eigenvalue weighted by Crippen LogP contribution is -2.37. The van der Waals surface area contributed by atoms with Crippen LogP contribution in [0.5, 0.6) is 0 Å². The molecule has 4 unspecified atom stereocenters. The third-order valence-electron chi connectivity index (χ3n) is 6.84. The van der Waals surface area contributed by atoms with Gasteiger partial charge in [0.15, 0.2) is 0 Å². The Morgan fingerprint density at radius 2 is 2.03 bits per heavy atom. The molecule has 0 saturated heterocycles. The number of anilines is 2. The fraction of sp³-hybridized carbons (Fsp3) is 0.600. The first-order valence-electron chi connectivity index (χ1n) is 10.4. The van der Waals surface area contributed by atoms with Gasteiger partial charge in [0, 0.05) is 24.7 Å². The molecular formula is C20H23F3N6O. The number of hydrogen-bond donors (Lipinski definition) is 1. The molecule has 1 N–H and O–H groups in total. The number of amides is 1. The second-order valence-electron chi connectivity index (χ2n) is 8.57. The minimum Gasteiger partial charge on any atom is -0.348 e. The van der Waals surface area contributed by atoms with E-state index >= 15 is 0 Å². The number of nitrogens with one attached hydrogen (secondary N) is 1. The minimum atomic E-state index is -4.86. The first kappa shape index (κ1) is 19.3. The van der Waals surface area contributed by atoms with Gasteiger partial charge in [-0.2, -0.15) is 13.2 Å². The van der Waals surface area contributed by atoms with Crippen molar-refractivity contribution in [3.8, 4) is 0 Å². The molecule has 3 aliphatic rings. The van der Waals surface area contributed by atoms with E-state index in [0.717, 1.165) is 23.6 Å². The Kier molecular flexibility index (Phi) is 4.67. The van der Waals surface area contributed by atoms with E-state index in [9.17, 15) is 18.0 Å². The van der Waals surface area contributed by atoms with Crippen LogP contribution in [0.15, 0.2) is 24.3 Å². The zero-order valence-electron chi connectivity index (χ0n) is 16.3. The molecule has 2 saturated carbocycles. The molecule has 160 valence electrons. The van der Waals surface area contributed by atoms with Crippen LogP contribution < -0.4 is 10.2 Å². The lowest BCUT2D eigenvalue weighted by molar-refractivity contribution is -0.173. The summed E-state index contributed by atoms with van der Waals surface area (Å²) in [4.78, 5) is 13.2. The highest BCUT2D eigenvalue weighted by Crippen LogP contribution is 2.52. The molecule has 0 radical (unpaired) electrons. The Morgan fingerprint density at radius 1 is 1.20 bits per heavy atom. The van der Waals surface area contributed by atoms with Gasteiger partial charge in [-0.15, -0.1) is 0 Å². The maximum absolute atomic E-state index is 12.4. The van der Waals surface area contributed by atoms with Crippen LogP contribution in [-0.2, 0) is 4.79 Å². The molecule has 2 heterocycles. The number of tetrazole rings is 1. The first-order valence-corrected chi connectivity index (χ1v) is 10.4. The molecular weight excluding hydrogens is 397 g/mol. The van der Waals surface area contributed by atoms with E-state index in [-0.39, 0.29) is 12.5 Å². The third kappa shape index (κ3) is 3.31. The number of para-hydroxylation sites is 1. The van der Waals surface area contributed by atoms with Crippen molar-refractivity contribution in [1.82, 2.24) is 25.5 Å². The number of alkyl halides is 3. The van der Waals surface area contributed by atoms with Gasteiger partial charge in [-0.25, -0.2) is 4.68 Å². The monoisotopic (exact) mass is 420 g/mol. The van der Waals surface area contributed by atoms with Crippen molar-refractivity contribution in [3.05, 3.63) is 29.8 Å². The van der Waals surface area contributed by atoms with Crippen LogP contribution in [0, 0.1) is 11.8 Å². The van der Waals surface area contributed by atoms with Gasteiger partial charge in [-0.05, 0) is 59.6 Å². The molecule has 1 aromatic carbocycles. The molecule has 30 heavy (non-hydrogen) atoms. The fourth-order valence-corrected chi connectivity index (χ4v) is 5.48. The summed E-state index contributed by atoms with van der Waals surface area (Å²) in [6, 6.07) is 8.14. The lowest BCUT2D eigenvalue weighted by Gasteiger charge is -2.26. The molecule has 2 bridgehead atoms. The highest BCUT2D eigenvalue weighted by molar-refractivity contribution is 5.81. The smallest absolute Gasteiger partial charge is 0.348 e. The maximum atomic E-state index is 12.4. The summed E-state index contributed by atoms with van der Waals surface area (Å²) in [6.07, 6.45) is 0.393. The van der Waals surface area contributed by atoms with Crippen molar-refractivity contribution < 1.29 is 18.0 Å². The number of hydrogen-bond acceptors (Lipinski definition) is 5. The maximum Gasteiger partial charge on any atom is 0.471 e. The molecule has 1 amide bonds.